The molecule has 3 rings (SSSR count). The van der Waals surface area contributed by atoms with E-state index in [0.717, 1.165) is 12.1 Å². The summed E-state index contributed by atoms with van der Waals surface area (Å²) >= 11 is 8.67. The molecule has 0 radical (unpaired) electrons. The van der Waals surface area contributed by atoms with Gasteiger partial charge in [-0.05, 0) is 24.3 Å². The van der Waals surface area contributed by atoms with Gasteiger partial charge >= 0.3 is 0 Å². The maximum absolute atomic E-state index is 12.8. The van der Waals surface area contributed by atoms with Gasteiger partial charge in [-0.3, -0.25) is 14.2 Å². The van der Waals surface area contributed by atoms with Crippen molar-refractivity contribution < 1.29 is 9.53 Å². The Morgan fingerprint density at radius 2 is 2.19 bits per heavy atom. The van der Waals surface area contributed by atoms with Gasteiger partial charge in [-0.2, -0.15) is 0 Å². The van der Waals surface area contributed by atoms with Crippen LogP contribution in [0.5, 0.6) is 0 Å². The summed E-state index contributed by atoms with van der Waals surface area (Å²) in [6.45, 7) is 2.90. The third kappa shape index (κ3) is 5.07. The van der Waals surface area contributed by atoms with Crippen LogP contribution >= 0.6 is 35.1 Å². The highest BCUT2D eigenvalue weighted by Gasteiger charge is 2.26. The molecule has 0 aliphatic carbocycles. The Bertz CT molecular complexity index is 887. The van der Waals surface area contributed by atoms with E-state index in [9.17, 15) is 9.59 Å². The summed E-state index contributed by atoms with van der Waals surface area (Å²) < 4.78 is 6.72. The zero-order chi connectivity index (χ0) is 19.4. The Hall–Kier alpha value is -1.48. The van der Waals surface area contributed by atoms with Gasteiger partial charge in [0.25, 0.3) is 5.56 Å². The standard InChI is InChI=1S/C18H20ClN3O3S2/c1-11-9-14-16(27-11)17(24)22(7-8-25-2)18(21-14)26-10-15(23)20-13-5-3-12(19)4-6-13/h3-6,11H,7-10H2,1-2H3,(H,20,23)/t11-/m1/s1. The van der Waals surface area contributed by atoms with Crippen molar-refractivity contribution in [3.8, 4) is 0 Å². The number of fused-ring (bicyclic) bond motifs is 1. The maximum Gasteiger partial charge on any atom is 0.268 e. The quantitative estimate of drug-likeness (QED) is 0.542. The molecule has 0 unspecified atom stereocenters. The van der Waals surface area contributed by atoms with E-state index in [4.69, 9.17) is 16.3 Å². The number of amides is 1. The van der Waals surface area contributed by atoms with Crippen molar-refractivity contribution in [1.82, 2.24) is 9.55 Å². The Kier molecular flexibility index (Phi) is 6.86. The highest BCUT2D eigenvalue weighted by molar-refractivity contribution is 8.00. The SMILES string of the molecule is COCCn1c(SCC(=O)Nc2ccc(Cl)cc2)nc2c(c1=O)S[C@H](C)C2. The number of nitrogens with zero attached hydrogens (tertiary/aromatic N) is 2. The Balaban J connectivity index is 1.74. The molecule has 1 aromatic heterocycles. The summed E-state index contributed by atoms with van der Waals surface area (Å²) in [4.78, 5) is 30.5. The number of benzene rings is 1. The van der Waals surface area contributed by atoms with Crippen LogP contribution in [0.2, 0.25) is 5.02 Å². The number of hydrogen-bond donors (Lipinski definition) is 1. The van der Waals surface area contributed by atoms with Gasteiger partial charge in [-0.15, -0.1) is 11.8 Å². The topological polar surface area (TPSA) is 73.2 Å². The smallest absolute Gasteiger partial charge is 0.268 e. The van der Waals surface area contributed by atoms with Gasteiger partial charge in [0.2, 0.25) is 5.91 Å². The van der Waals surface area contributed by atoms with Gasteiger partial charge in [0.15, 0.2) is 5.16 Å². The number of rotatable bonds is 7. The van der Waals surface area contributed by atoms with Gasteiger partial charge in [0, 0.05) is 29.5 Å². The molecule has 1 aliphatic rings. The highest BCUT2D eigenvalue weighted by atomic mass is 35.5. The predicted molar refractivity (Wildman–Crippen MR) is 110 cm³/mol. The second-order valence-electron chi connectivity index (χ2n) is 6.10. The zero-order valence-electron chi connectivity index (χ0n) is 15.0. The van der Waals surface area contributed by atoms with Crippen LogP contribution in [0.15, 0.2) is 39.1 Å². The minimum absolute atomic E-state index is 0.0491. The monoisotopic (exact) mass is 425 g/mol. The lowest BCUT2D eigenvalue weighted by atomic mass is 10.2. The molecule has 0 spiro atoms. The lowest BCUT2D eigenvalue weighted by molar-refractivity contribution is -0.113. The number of aromatic nitrogens is 2. The van der Waals surface area contributed by atoms with Gasteiger partial charge in [-0.1, -0.05) is 30.3 Å². The van der Waals surface area contributed by atoms with E-state index in [0.29, 0.717) is 39.2 Å². The summed E-state index contributed by atoms with van der Waals surface area (Å²) in [5.74, 6) is -0.0121. The van der Waals surface area contributed by atoms with Gasteiger partial charge in [0.1, 0.15) is 0 Å². The van der Waals surface area contributed by atoms with Crippen LogP contribution in [0, 0.1) is 0 Å². The Morgan fingerprint density at radius 1 is 1.44 bits per heavy atom. The van der Waals surface area contributed by atoms with Crippen LogP contribution in [-0.4, -0.2) is 40.2 Å². The van der Waals surface area contributed by atoms with Gasteiger partial charge < -0.3 is 10.1 Å². The predicted octanol–water partition coefficient (Wildman–Crippen LogP) is 3.31. The largest absolute Gasteiger partial charge is 0.383 e. The molecule has 9 heteroatoms. The third-order valence-electron chi connectivity index (χ3n) is 3.94. The summed E-state index contributed by atoms with van der Waals surface area (Å²) in [6.07, 6.45) is 0.769. The van der Waals surface area contributed by atoms with E-state index in [2.05, 4.69) is 17.2 Å². The van der Waals surface area contributed by atoms with Crippen LogP contribution in [0.4, 0.5) is 5.69 Å². The molecule has 6 nitrogen and oxygen atoms in total. The molecule has 1 N–H and O–H groups in total. The summed E-state index contributed by atoms with van der Waals surface area (Å²) in [7, 11) is 1.59. The molecular weight excluding hydrogens is 406 g/mol. The number of carbonyl (C=O) groups excluding carboxylic acids is 1. The van der Waals surface area contributed by atoms with Gasteiger partial charge in [-0.25, -0.2) is 4.98 Å². The van der Waals surface area contributed by atoms with Crippen molar-refractivity contribution in [1.29, 1.82) is 0 Å². The molecule has 2 aromatic rings. The lowest BCUT2D eigenvalue weighted by Crippen LogP contribution is -2.27. The highest BCUT2D eigenvalue weighted by Crippen LogP contribution is 2.34. The second-order valence-corrected chi connectivity index (χ2v) is 8.92. The van der Waals surface area contributed by atoms with Crippen molar-refractivity contribution >= 4 is 46.7 Å². The van der Waals surface area contributed by atoms with Crippen molar-refractivity contribution in [3.63, 3.8) is 0 Å². The first-order valence-corrected chi connectivity index (χ1v) is 10.7. The van der Waals surface area contributed by atoms with Crippen molar-refractivity contribution in [3.05, 3.63) is 45.3 Å². The van der Waals surface area contributed by atoms with Crippen LogP contribution in [-0.2, 0) is 22.5 Å². The molecule has 0 saturated heterocycles. The van der Waals surface area contributed by atoms with Crippen LogP contribution in [0.1, 0.15) is 12.6 Å². The first-order chi connectivity index (χ1) is 13.0. The lowest BCUT2D eigenvalue weighted by Gasteiger charge is -2.13. The minimum atomic E-state index is -0.168. The number of thioether (sulfide) groups is 2. The summed E-state index contributed by atoms with van der Waals surface area (Å²) in [5.41, 5.74) is 1.45. The normalized spacial score (nSPS) is 15.6. The molecule has 27 heavy (non-hydrogen) atoms. The van der Waals surface area contributed by atoms with Gasteiger partial charge in [0.05, 0.1) is 29.5 Å². The second kappa shape index (κ2) is 9.14. The molecule has 1 amide bonds. The molecule has 0 bridgehead atoms. The first kappa shape index (κ1) is 20.3. The number of carbonyl (C=O) groups is 1. The summed E-state index contributed by atoms with van der Waals surface area (Å²) in [6, 6.07) is 6.92. The number of ether oxygens (including phenoxy) is 1. The molecule has 1 atom stereocenters. The first-order valence-electron chi connectivity index (χ1n) is 8.45. The average molecular weight is 426 g/mol. The number of anilines is 1. The fraction of sp³-hybridized carbons (Fsp3) is 0.389. The molecular formula is C18H20ClN3O3S2. The number of methoxy groups -OCH3 is 1. The zero-order valence-corrected chi connectivity index (χ0v) is 17.4. The number of halogens is 1. The van der Waals surface area contributed by atoms with E-state index in [1.807, 2.05) is 0 Å². The molecule has 0 fully saturated rings. The number of hydrogen-bond acceptors (Lipinski definition) is 6. The Labute approximate surface area is 171 Å². The van der Waals surface area contributed by atoms with E-state index in [1.165, 1.54) is 11.8 Å². The van der Waals surface area contributed by atoms with E-state index < -0.39 is 0 Å². The minimum Gasteiger partial charge on any atom is -0.383 e. The van der Waals surface area contributed by atoms with E-state index in [1.54, 1.807) is 47.7 Å². The maximum atomic E-state index is 12.8. The van der Waals surface area contributed by atoms with E-state index in [-0.39, 0.29) is 17.2 Å². The molecule has 2 heterocycles. The van der Waals surface area contributed by atoms with Crippen molar-refractivity contribution in [2.24, 2.45) is 0 Å². The Morgan fingerprint density at radius 3 is 2.89 bits per heavy atom. The molecule has 1 aromatic carbocycles. The van der Waals surface area contributed by atoms with Crippen LogP contribution in [0.25, 0.3) is 0 Å². The molecule has 0 saturated carbocycles. The van der Waals surface area contributed by atoms with Crippen molar-refractivity contribution in [2.75, 3.05) is 24.8 Å². The fourth-order valence-corrected chi connectivity index (χ4v) is 4.76. The fourth-order valence-electron chi connectivity index (χ4n) is 2.68. The average Bonchev–Trinajstić information content (AvgIpc) is 3.02. The van der Waals surface area contributed by atoms with Crippen LogP contribution < -0.4 is 10.9 Å². The summed E-state index contributed by atoms with van der Waals surface area (Å²) in [5, 5.41) is 4.31. The van der Waals surface area contributed by atoms with Crippen molar-refractivity contribution in [2.45, 2.75) is 35.2 Å². The number of nitrogens with one attached hydrogen (secondary N) is 1. The van der Waals surface area contributed by atoms with E-state index >= 15 is 0 Å². The molecule has 1 aliphatic heterocycles. The third-order valence-corrected chi connectivity index (χ3v) is 6.39. The molecule has 144 valence electrons. The van der Waals surface area contributed by atoms with Crippen LogP contribution in [0.3, 0.4) is 0 Å².